The Labute approximate surface area is 134 Å². The molecule has 0 bridgehead atoms. The van der Waals surface area contributed by atoms with Gasteiger partial charge in [-0.2, -0.15) is 11.8 Å². The third-order valence-electron chi connectivity index (χ3n) is 2.54. The molecule has 0 fully saturated rings. The van der Waals surface area contributed by atoms with Gasteiger partial charge in [0.1, 0.15) is 11.6 Å². The van der Waals surface area contributed by atoms with Crippen molar-refractivity contribution in [3.05, 3.63) is 15.1 Å². The third kappa shape index (κ3) is 5.85. The average molecular weight is 393 g/mol. The number of hydrogen-bond donors (Lipinski definition) is 1. The van der Waals surface area contributed by atoms with Gasteiger partial charge in [0.05, 0.1) is 15.0 Å². The van der Waals surface area contributed by atoms with E-state index < -0.39 is 0 Å². The molecular formula is C14H24IN3S. The Morgan fingerprint density at radius 3 is 2.53 bits per heavy atom. The lowest BCUT2D eigenvalue weighted by molar-refractivity contribution is 0.841. The minimum Gasteiger partial charge on any atom is -0.369 e. The summed E-state index contributed by atoms with van der Waals surface area (Å²) in [5, 5.41) is 4.04. The second-order valence-electron chi connectivity index (χ2n) is 4.79. The van der Waals surface area contributed by atoms with Gasteiger partial charge < -0.3 is 5.32 Å². The first kappa shape index (κ1) is 17.0. The lowest BCUT2D eigenvalue weighted by atomic mass is 10.2. The first-order chi connectivity index (χ1) is 9.08. The second kappa shape index (κ2) is 9.00. The molecule has 1 N–H and O–H groups in total. The first-order valence-electron chi connectivity index (χ1n) is 6.99. The Balaban J connectivity index is 2.93. The highest BCUT2D eigenvalue weighted by Gasteiger charge is 2.11. The molecule has 5 heteroatoms. The Morgan fingerprint density at radius 2 is 1.95 bits per heavy atom. The molecule has 0 aliphatic carbocycles. The molecule has 0 saturated carbocycles. The number of hydrogen-bond acceptors (Lipinski definition) is 4. The van der Waals surface area contributed by atoms with Gasteiger partial charge in [0, 0.05) is 6.54 Å². The number of aryl methyl sites for hydroxylation is 1. The average Bonchev–Trinajstić information content (AvgIpc) is 2.38. The van der Waals surface area contributed by atoms with Gasteiger partial charge in [0.25, 0.3) is 0 Å². The molecule has 0 aliphatic rings. The van der Waals surface area contributed by atoms with E-state index in [-0.39, 0.29) is 0 Å². The molecule has 0 spiro atoms. The van der Waals surface area contributed by atoms with Gasteiger partial charge in [-0.15, -0.1) is 0 Å². The monoisotopic (exact) mass is 393 g/mol. The summed E-state index contributed by atoms with van der Waals surface area (Å²) in [6, 6.07) is 0. The Morgan fingerprint density at radius 1 is 1.21 bits per heavy atom. The smallest absolute Gasteiger partial charge is 0.143 e. The van der Waals surface area contributed by atoms with E-state index in [1.807, 2.05) is 11.8 Å². The minimum atomic E-state index is 0.615. The number of aromatic nitrogens is 2. The zero-order valence-electron chi connectivity index (χ0n) is 12.3. The molecule has 1 aromatic heterocycles. The number of anilines is 1. The van der Waals surface area contributed by atoms with Crippen LogP contribution in [0.15, 0.2) is 0 Å². The van der Waals surface area contributed by atoms with Gasteiger partial charge in [-0.1, -0.05) is 34.1 Å². The molecule has 0 saturated heterocycles. The van der Waals surface area contributed by atoms with Crippen LogP contribution < -0.4 is 5.32 Å². The van der Waals surface area contributed by atoms with E-state index >= 15 is 0 Å². The van der Waals surface area contributed by atoms with Crippen LogP contribution >= 0.6 is 34.4 Å². The summed E-state index contributed by atoms with van der Waals surface area (Å²) >= 11 is 4.26. The maximum atomic E-state index is 4.72. The lowest BCUT2D eigenvalue weighted by Gasteiger charge is -2.13. The molecule has 0 amide bonds. The van der Waals surface area contributed by atoms with Crippen molar-refractivity contribution in [1.29, 1.82) is 0 Å². The summed E-state index contributed by atoms with van der Waals surface area (Å²) in [6.07, 6.45) is 3.26. The van der Waals surface area contributed by atoms with Gasteiger partial charge in [0.2, 0.25) is 0 Å². The quantitative estimate of drug-likeness (QED) is 0.660. The Hall–Kier alpha value is -0.0400. The predicted octanol–water partition coefficient (Wildman–Crippen LogP) is 4.50. The second-order valence-corrected chi connectivity index (χ2v) is 7.43. The number of nitrogens with one attached hydrogen (secondary N) is 1. The molecule has 19 heavy (non-hydrogen) atoms. The van der Waals surface area contributed by atoms with Crippen LogP contribution in [-0.4, -0.2) is 21.8 Å². The molecule has 0 unspecified atom stereocenters. The fraction of sp³-hybridized carbons (Fsp3) is 0.714. The van der Waals surface area contributed by atoms with Crippen LogP contribution in [0.3, 0.4) is 0 Å². The van der Waals surface area contributed by atoms with Crippen molar-refractivity contribution in [2.24, 2.45) is 0 Å². The Kier molecular flexibility index (Phi) is 8.06. The van der Waals surface area contributed by atoms with E-state index in [0.29, 0.717) is 5.25 Å². The fourth-order valence-electron chi connectivity index (χ4n) is 1.61. The van der Waals surface area contributed by atoms with Gasteiger partial charge in [-0.25, -0.2) is 9.97 Å². The predicted molar refractivity (Wildman–Crippen MR) is 94.0 cm³/mol. The van der Waals surface area contributed by atoms with E-state index in [0.717, 1.165) is 43.2 Å². The van der Waals surface area contributed by atoms with Gasteiger partial charge in [-0.05, 0) is 40.7 Å². The molecule has 0 aliphatic heterocycles. The van der Waals surface area contributed by atoms with Crippen LogP contribution in [0.2, 0.25) is 0 Å². The van der Waals surface area contributed by atoms with E-state index in [4.69, 9.17) is 4.98 Å². The molecule has 1 rings (SSSR count). The number of halogens is 1. The van der Waals surface area contributed by atoms with Crippen LogP contribution in [0, 0.1) is 3.57 Å². The van der Waals surface area contributed by atoms with E-state index in [2.05, 4.69) is 60.6 Å². The molecule has 0 radical (unpaired) electrons. The largest absolute Gasteiger partial charge is 0.369 e. The normalized spacial score (nSPS) is 11.1. The zero-order chi connectivity index (χ0) is 14.3. The number of nitrogens with zero attached hydrogens (tertiary/aromatic N) is 2. The highest BCUT2D eigenvalue weighted by atomic mass is 127. The van der Waals surface area contributed by atoms with Gasteiger partial charge in [0.15, 0.2) is 0 Å². The van der Waals surface area contributed by atoms with Crippen molar-refractivity contribution in [3.63, 3.8) is 0 Å². The topological polar surface area (TPSA) is 37.8 Å². The summed E-state index contributed by atoms with van der Waals surface area (Å²) in [5.74, 6) is 2.87. The van der Waals surface area contributed by atoms with E-state index in [1.54, 1.807) is 0 Å². The molecular weight excluding hydrogens is 369 g/mol. The van der Waals surface area contributed by atoms with Crippen LogP contribution in [0.5, 0.6) is 0 Å². The van der Waals surface area contributed by atoms with Crippen molar-refractivity contribution in [2.45, 2.75) is 58.0 Å². The highest BCUT2D eigenvalue weighted by Crippen LogP contribution is 2.23. The van der Waals surface area contributed by atoms with E-state index in [1.165, 1.54) is 9.26 Å². The van der Waals surface area contributed by atoms with Crippen molar-refractivity contribution in [3.8, 4) is 0 Å². The summed E-state index contributed by atoms with van der Waals surface area (Å²) in [4.78, 5) is 9.40. The lowest BCUT2D eigenvalue weighted by Crippen LogP contribution is -2.10. The highest BCUT2D eigenvalue weighted by molar-refractivity contribution is 14.1. The standard InChI is InChI=1S/C14H24IN3S/c1-5-7-11-13(15)14(16-8-6-2)18-12(17-11)9-19-10(3)4/h10H,5-9H2,1-4H3,(H,16,17,18). The third-order valence-corrected chi connectivity index (χ3v) is 4.77. The van der Waals surface area contributed by atoms with E-state index in [9.17, 15) is 0 Å². The summed E-state index contributed by atoms with van der Waals surface area (Å²) in [5.41, 5.74) is 1.19. The van der Waals surface area contributed by atoms with Crippen LogP contribution in [0.1, 0.15) is 52.1 Å². The molecule has 3 nitrogen and oxygen atoms in total. The number of rotatable bonds is 8. The van der Waals surface area contributed by atoms with Crippen LogP contribution in [0.4, 0.5) is 5.82 Å². The van der Waals surface area contributed by atoms with Crippen molar-refractivity contribution in [1.82, 2.24) is 9.97 Å². The van der Waals surface area contributed by atoms with Crippen LogP contribution in [-0.2, 0) is 12.2 Å². The zero-order valence-corrected chi connectivity index (χ0v) is 15.3. The molecule has 108 valence electrons. The Bertz CT molecular complexity index is 397. The van der Waals surface area contributed by atoms with Crippen LogP contribution in [0.25, 0.3) is 0 Å². The summed E-state index contributed by atoms with van der Waals surface area (Å²) in [7, 11) is 0. The molecule has 0 atom stereocenters. The van der Waals surface area contributed by atoms with Crippen molar-refractivity contribution >= 4 is 40.2 Å². The molecule has 0 aromatic carbocycles. The van der Waals surface area contributed by atoms with Gasteiger partial charge in [-0.3, -0.25) is 0 Å². The number of thioether (sulfide) groups is 1. The maximum absolute atomic E-state index is 4.72. The summed E-state index contributed by atoms with van der Waals surface area (Å²) < 4.78 is 1.19. The minimum absolute atomic E-state index is 0.615. The van der Waals surface area contributed by atoms with Gasteiger partial charge >= 0.3 is 0 Å². The first-order valence-corrected chi connectivity index (χ1v) is 9.11. The maximum Gasteiger partial charge on any atom is 0.143 e. The van der Waals surface area contributed by atoms with Crippen molar-refractivity contribution in [2.75, 3.05) is 11.9 Å². The molecule has 1 heterocycles. The molecule has 1 aromatic rings. The SMILES string of the molecule is CCCNc1nc(CSC(C)C)nc(CCC)c1I. The van der Waals surface area contributed by atoms with Crippen molar-refractivity contribution < 1.29 is 0 Å². The summed E-state index contributed by atoms with van der Waals surface area (Å²) in [6.45, 7) is 9.75. The fourth-order valence-corrected chi connectivity index (χ4v) is 2.93.